The molecule has 1 heterocycles. The standard InChI is InChI=1S/C24H28N2O3/c1-5-26(6-2)20(18-10-8-7-9-11-18)15-25-24(28)23-14-21(27)19-12-16(3)17(4)13-22(19)29-23/h7-14,20H,5-6,15H2,1-4H3,(H,25,28). The fourth-order valence-electron chi connectivity index (χ4n) is 3.60. The molecule has 29 heavy (non-hydrogen) atoms. The van der Waals surface area contributed by atoms with Crippen molar-refractivity contribution < 1.29 is 9.21 Å². The van der Waals surface area contributed by atoms with Crippen LogP contribution in [0.1, 0.15) is 47.1 Å². The molecular formula is C24H28N2O3. The number of nitrogens with zero attached hydrogens (tertiary/aromatic N) is 1. The van der Waals surface area contributed by atoms with Gasteiger partial charge in [0.05, 0.1) is 11.4 Å². The van der Waals surface area contributed by atoms with E-state index in [2.05, 4.69) is 36.2 Å². The second-order valence-corrected chi connectivity index (χ2v) is 7.27. The lowest BCUT2D eigenvalue weighted by Gasteiger charge is -2.30. The third-order valence-corrected chi connectivity index (χ3v) is 5.46. The zero-order valence-electron chi connectivity index (χ0n) is 17.5. The number of hydrogen-bond donors (Lipinski definition) is 1. The van der Waals surface area contributed by atoms with E-state index in [1.54, 1.807) is 0 Å². The van der Waals surface area contributed by atoms with Crippen molar-refractivity contribution in [2.24, 2.45) is 0 Å². The maximum atomic E-state index is 12.8. The zero-order chi connectivity index (χ0) is 21.0. The Morgan fingerprint density at radius 2 is 1.69 bits per heavy atom. The topological polar surface area (TPSA) is 62.6 Å². The van der Waals surface area contributed by atoms with Gasteiger partial charge in [0.2, 0.25) is 0 Å². The minimum atomic E-state index is -0.379. The molecule has 2 aromatic carbocycles. The summed E-state index contributed by atoms with van der Waals surface area (Å²) >= 11 is 0. The molecule has 5 nitrogen and oxygen atoms in total. The van der Waals surface area contributed by atoms with Gasteiger partial charge in [-0.2, -0.15) is 0 Å². The highest BCUT2D eigenvalue weighted by molar-refractivity contribution is 5.93. The summed E-state index contributed by atoms with van der Waals surface area (Å²) < 4.78 is 5.77. The van der Waals surface area contributed by atoms with Gasteiger partial charge in [-0.1, -0.05) is 44.2 Å². The predicted molar refractivity (Wildman–Crippen MR) is 116 cm³/mol. The van der Waals surface area contributed by atoms with Crippen molar-refractivity contribution in [1.29, 1.82) is 0 Å². The van der Waals surface area contributed by atoms with E-state index in [0.29, 0.717) is 17.5 Å². The van der Waals surface area contributed by atoms with Gasteiger partial charge in [0.25, 0.3) is 5.91 Å². The van der Waals surface area contributed by atoms with Crippen LogP contribution >= 0.6 is 0 Å². The predicted octanol–water partition coefficient (Wildman–Crippen LogP) is 4.22. The molecular weight excluding hydrogens is 364 g/mol. The highest BCUT2D eigenvalue weighted by atomic mass is 16.3. The molecule has 1 aromatic heterocycles. The first-order valence-electron chi connectivity index (χ1n) is 10.1. The molecule has 0 aliphatic carbocycles. The Kier molecular flexibility index (Phi) is 6.49. The molecule has 0 spiro atoms. The molecule has 5 heteroatoms. The van der Waals surface area contributed by atoms with Crippen molar-refractivity contribution >= 4 is 16.9 Å². The van der Waals surface area contributed by atoms with Gasteiger partial charge in [-0.25, -0.2) is 0 Å². The number of carbonyl (C=O) groups excluding carboxylic acids is 1. The molecule has 1 unspecified atom stereocenters. The monoisotopic (exact) mass is 392 g/mol. The van der Waals surface area contributed by atoms with Gasteiger partial charge in [-0.05, 0) is 55.8 Å². The zero-order valence-corrected chi connectivity index (χ0v) is 17.5. The van der Waals surface area contributed by atoms with Crippen molar-refractivity contribution in [3.8, 4) is 0 Å². The van der Waals surface area contributed by atoms with Crippen LogP contribution in [0.15, 0.2) is 57.7 Å². The minimum Gasteiger partial charge on any atom is -0.451 e. The molecule has 0 bridgehead atoms. The molecule has 3 aromatic rings. The van der Waals surface area contributed by atoms with Crippen LogP contribution in [-0.2, 0) is 0 Å². The third-order valence-electron chi connectivity index (χ3n) is 5.46. The molecule has 3 rings (SSSR count). The molecule has 0 saturated heterocycles. The Morgan fingerprint density at radius 3 is 2.34 bits per heavy atom. The van der Waals surface area contributed by atoms with Crippen LogP contribution in [0.5, 0.6) is 0 Å². The molecule has 0 aliphatic heterocycles. The largest absolute Gasteiger partial charge is 0.451 e. The van der Waals surface area contributed by atoms with E-state index in [-0.39, 0.29) is 23.1 Å². The highest BCUT2D eigenvalue weighted by Crippen LogP contribution is 2.21. The summed E-state index contributed by atoms with van der Waals surface area (Å²) in [4.78, 5) is 27.5. The Morgan fingerprint density at radius 1 is 1.03 bits per heavy atom. The maximum absolute atomic E-state index is 12.8. The van der Waals surface area contributed by atoms with Crippen LogP contribution < -0.4 is 10.7 Å². The highest BCUT2D eigenvalue weighted by Gasteiger charge is 2.20. The first kappa shape index (κ1) is 20.8. The van der Waals surface area contributed by atoms with Crippen LogP contribution in [0.3, 0.4) is 0 Å². The summed E-state index contributed by atoms with van der Waals surface area (Å²) in [5, 5.41) is 3.45. The molecule has 1 amide bonds. The van der Waals surface area contributed by atoms with E-state index in [1.807, 2.05) is 44.2 Å². The maximum Gasteiger partial charge on any atom is 0.287 e. The van der Waals surface area contributed by atoms with Gasteiger partial charge in [0.1, 0.15) is 5.58 Å². The lowest BCUT2D eigenvalue weighted by molar-refractivity contribution is 0.0908. The van der Waals surface area contributed by atoms with Crippen LogP contribution in [0.4, 0.5) is 0 Å². The van der Waals surface area contributed by atoms with Gasteiger partial charge in [0.15, 0.2) is 11.2 Å². The molecule has 0 fully saturated rings. The van der Waals surface area contributed by atoms with Crippen molar-refractivity contribution in [1.82, 2.24) is 10.2 Å². The van der Waals surface area contributed by atoms with Crippen LogP contribution in [0.2, 0.25) is 0 Å². The average Bonchev–Trinajstić information content (AvgIpc) is 2.73. The fraction of sp³-hybridized carbons (Fsp3) is 0.333. The van der Waals surface area contributed by atoms with E-state index < -0.39 is 0 Å². The Bertz CT molecular complexity index is 1050. The van der Waals surface area contributed by atoms with E-state index in [4.69, 9.17) is 4.42 Å². The molecule has 0 aliphatic rings. The Labute approximate surface area is 171 Å². The van der Waals surface area contributed by atoms with Gasteiger partial charge in [0, 0.05) is 12.6 Å². The van der Waals surface area contributed by atoms with Crippen molar-refractivity contribution in [2.75, 3.05) is 19.6 Å². The van der Waals surface area contributed by atoms with Crippen LogP contribution in [-0.4, -0.2) is 30.4 Å². The quantitative estimate of drug-likeness (QED) is 0.654. The molecule has 1 N–H and O–H groups in total. The number of likely N-dealkylation sites (N-methyl/N-ethyl adjacent to an activating group) is 1. The van der Waals surface area contributed by atoms with Crippen LogP contribution in [0, 0.1) is 13.8 Å². The first-order chi connectivity index (χ1) is 13.9. The molecule has 0 saturated carbocycles. The Hall–Kier alpha value is -2.92. The average molecular weight is 392 g/mol. The summed E-state index contributed by atoms with van der Waals surface area (Å²) in [5.41, 5.74) is 3.41. The number of benzene rings is 2. The number of carbonyl (C=O) groups is 1. The third kappa shape index (κ3) is 4.57. The first-order valence-corrected chi connectivity index (χ1v) is 10.1. The summed E-state index contributed by atoms with van der Waals surface area (Å²) in [6.45, 7) is 10.3. The van der Waals surface area contributed by atoms with Crippen molar-refractivity contribution in [3.05, 3.63) is 81.2 Å². The summed E-state index contributed by atoms with van der Waals surface area (Å²) in [6.07, 6.45) is 0. The Balaban J connectivity index is 1.85. The lowest BCUT2D eigenvalue weighted by Crippen LogP contribution is -2.38. The second kappa shape index (κ2) is 9.05. The summed E-state index contributed by atoms with van der Waals surface area (Å²) in [7, 11) is 0. The molecule has 0 radical (unpaired) electrons. The van der Waals surface area contributed by atoms with E-state index in [1.165, 1.54) is 6.07 Å². The number of aryl methyl sites for hydroxylation is 2. The van der Waals surface area contributed by atoms with Crippen molar-refractivity contribution in [2.45, 2.75) is 33.7 Å². The number of fused-ring (bicyclic) bond motifs is 1. The number of amides is 1. The molecule has 1 atom stereocenters. The van der Waals surface area contributed by atoms with E-state index in [0.717, 1.165) is 29.8 Å². The van der Waals surface area contributed by atoms with E-state index >= 15 is 0 Å². The van der Waals surface area contributed by atoms with Gasteiger partial charge in [-0.15, -0.1) is 0 Å². The smallest absolute Gasteiger partial charge is 0.287 e. The SMILES string of the molecule is CCN(CC)C(CNC(=O)c1cc(=O)c2cc(C)c(C)cc2o1)c1ccccc1. The van der Waals surface area contributed by atoms with Crippen molar-refractivity contribution in [3.63, 3.8) is 0 Å². The lowest BCUT2D eigenvalue weighted by atomic mass is 10.0. The minimum absolute atomic E-state index is 0.0390. The van der Waals surface area contributed by atoms with Gasteiger partial charge in [-0.3, -0.25) is 14.5 Å². The summed E-state index contributed by atoms with van der Waals surface area (Å²) in [5.74, 6) is -0.340. The van der Waals surface area contributed by atoms with Gasteiger partial charge >= 0.3 is 0 Å². The fourth-order valence-corrected chi connectivity index (χ4v) is 3.60. The summed E-state index contributed by atoms with van der Waals surface area (Å²) in [6, 6.07) is 15.1. The van der Waals surface area contributed by atoms with Crippen LogP contribution in [0.25, 0.3) is 11.0 Å². The van der Waals surface area contributed by atoms with Gasteiger partial charge < -0.3 is 9.73 Å². The van der Waals surface area contributed by atoms with E-state index in [9.17, 15) is 9.59 Å². The number of rotatable bonds is 7. The number of nitrogens with one attached hydrogen (secondary N) is 1. The second-order valence-electron chi connectivity index (χ2n) is 7.27. The normalized spacial score (nSPS) is 12.3. The molecule has 152 valence electrons. The number of hydrogen-bond acceptors (Lipinski definition) is 4.